The van der Waals surface area contributed by atoms with Crippen LogP contribution in [0.25, 0.3) is 28.4 Å². The molecule has 1 N–H and O–H groups in total. The second kappa shape index (κ2) is 7.72. The van der Waals surface area contributed by atoms with Crippen LogP contribution in [0, 0.1) is 20.8 Å². The Morgan fingerprint density at radius 3 is 2.43 bits per heavy atom. The summed E-state index contributed by atoms with van der Waals surface area (Å²) in [6, 6.07) is 15.5. The molecule has 2 heterocycles. The van der Waals surface area contributed by atoms with Crippen molar-refractivity contribution in [2.75, 3.05) is 0 Å². The van der Waals surface area contributed by atoms with Gasteiger partial charge in [-0.25, -0.2) is 14.2 Å². The number of thiazole rings is 1. The number of carbonyl (C=O) groups is 1. The van der Waals surface area contributed by atoms with Gasteiger partial charge in [0.25, 0.3) is 5.56 Å². The first-order valence-corrected chi connectivity index (χ1v) is 10.3. The van der Waals surface area contributed by atoms with E-state index in [0.29, 0.717) is 27.5 Å². The van der Waals surface area contributed by atoms with E-state index in [1.54, 1.807) is 13.0 Å². The van der Waals surface area contributed by atoms with Gasteiger partial charge < -0.3 is 5.11 Å². The van der Waals surface area contributed by atoms with Crippen molar-refractivity contribution < 1.29 is 9.90 Å². The van der Waals surface area contributed by atoms with Crippen LogP contribution < -0.4 is 5.56 Å². The number of aromatic nitrogens is 2. The maximum atomic E-state index is 13.2. The summed E-state index contributed by atoms with van der Waals surface area (Å²) < 4.78 is 1.41. The van der Waals surface area contributed by atoms with Gasteiger partial charge in [-0.1, -0.05) is 77.1 Å². The molecule has 0 aliphatic rings. The Hall–Kier alpha value is -3.51. The van der Waals surface area contributed by atoms with Gasteiger partial charge in [0.2, 0.25) is 0 Å². The minimum absolute atomic E-state index is 0.0997. The Labute approximate surface area is 177 Å². The van der Waals surface area contributed by atoms with E-state index in [9.17, 15) is 14.7 Å². The van der Waals surface area contributed by atoms with Crippen molar-refractivity contribution in [2.45, 2.75) is 20.8 Å². The second-order valence-corrected chi connectivity index (χ2v) is 8.22. The van der Waals surface area contributed by atoms with Crippen LogP contribution in [0.15, 0.2) is 53.3 Å². The fourth-order valence-corrected chi connectivity index (χ4v) is 4.32. The number of fused-ring (bicyclic) bond motifs is 1. The third-order valence-corrected chi connectivity index (χ3v) is 5.97. The summed E-state index contributed by atoms with van der Waals surface area (Å²) in [7, 11) is 0. The lowest BCUT2D eigenvalue weighted by molar-refractivity contribution is 0.0702. The zero-order valence-corrected chi connectivity index (χ0v) is 17.7. The highest BCUT2D eigenvalue weighted by Gasteiger charge is 2.23. The van der Waals surface area contributed by atoms with Crippen molar-refractivity contribution in [3.63, 3.8) is 0 Å². The molecular formula is C24H20N2O3S. The van der Waals surface area contributed by atoms with Crippen LogP contribution in [0.3, 0.4) is 0 Å². The molecule has 5 nitrogen and oxygen atoms in total. The lowest BCUT2D eigenvalue weighted by Crippen LogP contribution is -2.19. The van der Waals surface area contributed by atoms with Gasteiger partial charge in [0.15, 0.2) is 4.96 Å². The molecule has 0 radical (unpaired) electrons. The van der Waals surface area contributed by atoms with Crippen LogP contribution in [0.1, 0.15) is 37.6 Å². The summed E-state index contributed by atoms with van der Waals surface area (Å²) in [6.07, 6.45) is 3.71. The molecule has 2 aromatic heterocycles. The highest BCUT2D eigenvalue weighted by atomic mass is 32.1. The van der Waals surface area contributed by atoms with Gasteiger partial charge >= 0.3 is 5.97 Å². The summed E-state index contributed by atoms with van der Waals surface area (Å²) in [5, 5.41) is 9.74. The lowest BCUT2D eigenvalue weighted by atomic mass is 10.1. The van der Waals surface area contributed by atoms with Gasteiger partial charge in [0.05, 0.1) is 11.4 Å². The Balaban J connectivity index is 1.92. The topological polar surface area (TPSA) is 71.7 Å². The first kappa shape index (κ1) is 19.8. The molecular weight excluding hydrogens is 396 g/mol. The van der Waals surface area contributed by atoms with Gasteiger partial charge in [-0.2, -0.15) is 0 Å². The molecule has 0 saturated carbocycles. The van der Waals surface area contributed by atoms with Crippen LogP contribution >= 0.6 is 11.3 Å². The predicted molar refractivity (Wildman–Crippen MR) is 121 cm³/mol. The number of aromatic carboxylic acids is 1. The molecule has 0 amide bonds. The average Bonchev–Trinajstić information content (AvgIpc) is 3.10. The molecule has 4 aromatic rings. The number of aryl methyl sites for hydroxylation is 2. The van der Waals surface area contributed by atoms with Crippen molar-refractivity contribution in [1.82, 2.24) is 9.38 Å². The quantitative estimate of drug-likeness (QED) is 0.495. The Kier molecular flexibility index (Phi) is 5.10. The number of carboxylic acids is 1. The molecule has 0 bridgehead atoms. The molecule has 0 unspecified atom stereocenters. The van der Waals surface area contributed by atoms with Crippen LogP contribution in [-0.4, -0.2) is 20.5 Å². The fraction of sp³-hybridized carbons (Fsp3) is 0.125. The van der Waals surface area contributed by atoms with Crippen LogP contribution in [0.4, 0.5) is 0 Å². The molecule has 150 valence electrons. The molecule has 6 heteroatoms. The molecule has 2 aromatic carbocycles. The van der Waals surface area contributed by atoms with Crippen LogP contribution in [-0.2, 0) is 0 Å². The van der Waals surface area contributed by atoms with E-state index in [2.05, 4.69) is 4.98 Å². The van der Waals surface area contributed by atoms with Gasteiger partial charge in [-0.3, -0.25) is 4.79 Å². The van der Waals surface area contributed by atoms with Gasteiger partial charge in [0, 0.05) is 11.1 Å². The average molecular weight is 417 g/mol. The maximum Gasteiger partial charge on any atom is 0.348 e. The predicted octanol–water partition coefficient (Wildman–Crippen LogP) is 5.22. The zero-order chi connectivity index (χ0) is 21.4. The summed E-state index contributed by atoms with van der Waals surface area (Å²) >= 11 is 1.01. The van der Waals surface area contributed by atoms with Gasteiger partial charge in [-0.05, 0) is 32.4 Å². The minimum Gasteiger partial charge on any atom is -0.477 e. The summed E-state index contributed by atoms with van der Waals surface area (Å²) in [6.45, 7) is 5.69. The number of benzene rings is 2. The minimum atomic E-state index is -1.07. The van der Waals surface area contributed by atoms with E-state index in [0.717, 1.165) is 28.0 Å². The molecule has 0 aliphatic carbocycles. The monoisotopic (exact) mass is 416 g/mol. The van der Waals surface area contributed by atoms with Gasteiger partial charge in [-0.15, -0.1) is 0 Å². The third kappa shape index (κ3) is 3.57. The third-order valence-electron chi connectivity index (χ3n) is 4.94. The zero-order valence-electron chi connectivity index (χ0n) is 16.8. The molecule has 0 spiro atoms. The van der Waals surface area contributed by atoms with E-state index in [-0.39, 0.29) is 10.4 Å². The first-order chi connectivity index (χ1) is 14.3. The maximum absolute atomic E-state index is 13.2. The van der Waals surface area contributed by atoms with E-state index < -0.39 is 5.97 Å². The number of carboxylic acid groups (broad SMARTS) is 1. The Morgan fingerprint density at radius 2 is 1.77 bits per heavy atom. The molecule has 4 rings (SSSR count). The number of nitrogens with zero attached hydrogens (tertiary/aromatic N) is 2. The molecule has 0 saturated heterocycles. The van der Waals surface area contributed by atoms with Crippen molar-refractivity contribution in [1.29, 1.82) is 0 Å². The van der Waals surface area contributed by atoms with Gasteiger partial charge in [0.1, 0.15) is 4.88 Å². The molecule has 0 fully saturated rings. The summed E-state index contributed by atoms with van der Waals surface area (Å²) in [4.78, 5) is 30.2. The SMILES string of the molecule is Cc1ccc(-c2c(C(=O)O)sc3nc(/C=C/c4cccc(C)c4)c(C)c(=O)n23)cc1. The number of hydrogen-bond acceptors (Lipinski definition) is 4. The van der Waals surface area contributed by atoms with Crippen LogP contribution in [0.5, 0.6) is 0 Å². The standard InChI is InChI=1S/C24H20N2O3S/c1-14-7-10-18(11-8-14)20-21(23(28)29)30-24-25-19(16(3)22(27)26(20)24)12-9-17-6-4-5-15(2)13-17/h4-13H,1-3H3,(H,28,29)/b12-9+. The largest absolute Gasteiger partial charge is 0.477 e. The Morgan fingerprint density at radius 1 is 1.03 bits per heavy atom. The second-order valence-electron chi connectivity index (χ2n) is 7.24. The lowest BCUT2D eigenvalue weighted by Gasteiger charge is -2.06. The van der Waals surface area contributed by atoms with Crippen LogP contribution in [0.2, 0.25) is 0 Å². The summed E-state index contributed by atoms with van der Waals surface area (Å²) in [5.41, 5.74) is 5.00. The van der Waals surface area contributed by atoms with Crippen molar-refractivity contribution in [3.05, 3.63) is 91.7 Å². The molecule has 0 aliphatic heterocycles. The molecule has 30 heavy (non-hydrogen) atoms. The number of rotatable bonds is 4. The highest BCUT2D eigenvalue weighted by Crippen LogP contribution is 2.31. The number of hydrogen-bond donors (Lipinski definition) is 1. The fourth-order valence-electron chi connectivity index (χ4n) is 3.34. The molecule has 0 atom stereocenters. The smallest absolute Gasteiger partial charge is 0.348 e. The summed E-state index contributed by atoms with van der Waals surface area (Å²) in [5.74, 6) is -1.07. The first-order valence-electron chi connectivity index (χ1n) is 9.46. The normalized spacial score (nSPS) is 11.4. The van der Waals surface area contributed by atoms with E-state index in [1.165, 1.54) is 4.40 Å². The van der Waals surface area contributed by atoms with E-state index in [4.69, 9.17) is 0 Å². The highest BCUT2D eigenvalue weighted by molar-refractivity contribution is 7.19. The van der Waals surface area contributed by atoms with Crippen molar-refractivity contribution in [2.24, 2.45) is 0 Å². The van der Waals surface area contributed by atoms with E-state index >= 15 is 0 Å². The van der Waals surface area contributed by atoms with E-state index in [1.807, 2.05) is 68.5 Å². The Bertz CT molecular complexity index is 1360. The van der Waals surface area contributed by atoms with Crippen molar-refractivity contribution in [3.8, 4) is 11.3 Å². The van der Waals surface area contributed by atoms with Crippen molar-refractivity contribution >= 4 is 34.4 Å².